The number of esters is 1. The van der Waals surface area contributed by atoms with E-state index in [1.165, 1.54) is 0 Å². The van der Waals surface area contributed by atoms with Gasteiger partial charge in [0, 0.05) is 18.1 Å². The minimum atomic E-state index is -1.05. The third-order valence-electron chi connectivity index (χ3n) is 2.27. The van der Waals surface area contributed by atoms with E-state index < -0.39 is 22.8 Å². The maximum absolute atomic E-state index is 13.0. The van der Waals surface area contributed by atoms with E-state index in [1.54, 1.807) is 6.92 Å². The molecule has 1 rings (SSSR count). The van der Waals surface area contributed by atoms with Gasteiger partial charge in [-0.25, -0.2) is 4.39 Å². The number of hydrogen-bond donors (Lipinski definition) is 1. The summed E-state index contributed by atoms with van der Waals surface area (Å²) in [5.41, 5.74) is 5.34. The van der Waals surface area contributed by atoms with Crippen LogP contribution in [0.2, 0.25) is 0 Å². The molecule has 0 radical (unpaired) electrons. The lowest BCUT2D eigenvalue weighted by Crippen LogP contribution is -2.34. The SMILES string of the molecule is CCOC(=O)C(N)Cc1cc(F)ccc1[N+](=O)[O-]. The Morgan fingerprint density at radius 1 is 1.61 bits per heavy atom. The summed E-state index contributed by atoms with van der Waals surface area (Å²) in [6.07, 6.45) is -0.146. The molecular formula is C11H13FN2O4. The van der Waals surface area contributed by atoms with Crippen LogP contribution < -0.4 is 5.73 Å². The minimum Gasteiger partial charge on any atom is -0.465 e. The molecule has 18 heavy (non-hydrogen) atoms. The Hall–Kier alpha value is -2.02. The van der Waals surface area contributed by atoms with Crippen LogP contribution >= 0.6 is 0 Å². The number of benzene rings is 1. The van der Waals surface area contributed by atoms with Crippen LogP contribution in [0.25, 0.3) is 0 Å². The molecule has 98 valence electrons. The van der Waals surface area contributed by atoms with Gasteiger partial charge in [-0.15, -0.1) is 0 Å². The third-order valence-corrected chi connectivity index (χ3v) is 2.27. The van der Waals surface area contributed by atoms with Gasteiger partial charge in [0.1, 0.15) is 11.9 Å². The fraction of sp³-hybridized carbons (Fsp3) is 0.364. The first-order valence-corrected chi connectivity index (χ1v) is 5.30. The van der Waals surface area contributed by atoms with Crippen LogP contribution in [0.15, 0.2) is 18.2 Å². The van der Waals surface area contributed by atoms with Crippen molar-refractivity contribution < 1.29 is 18.8 Å². The van der Waals surface area contributed by atoms with Crippen LogP contribution in [0.1, 0.15) is 12.5 Å². The molecule has 2 N–H and O–H groups in total. The Morgan fingerprint density at radius 3 is 2.83 bits per heavy atom. The summed E-state index contributed by atoms with van der Waals surface area (Å²) in [6.45, 7) is 1.78. The zero-order valence-corrected chi connectivity index (χ0v) is 9.76. The standard InChI is InChI=1S/C11H13FN2O4/c1-2-18-11(15)9(13)6-7-5-8(12)3-4-10(7)14(16)17/h3-5,9H,2,6,13H2,1H3. The molecule has 0 aromatic heterocycles. The molecule has 0 aliphatic carbocycles. The van der Waals surface area contributed by atoms with Crippen molar-refractivity contribution in [1.82, 2.24) is 0 Å². The van der Waals surface area contributed by atoms with E-state index in [9.17, 15) is 19.3 Å². The molecule has 0 heterocycles. The molecule has 1 aromatic carbocycles. The van der Waals surface area contributed by atoms with Gasteiger partial charge in [0.2, 0.25) is 0 Å². The summed E-state index contributed by atoms with van der Waals surface area (Å²) in [5, 5.41) is 10.7. The third kappa shape index (κ3) is 3.49. The number of carbonyl (C=O) groups excluding carboxylic acids is 1. The van der Waals surface area contributed by atoms with Crippen molar-refractivity contribution in [3.05, 3.63) is 39.7 Å². The van der Waals surface area contributed by atoms with Crippen molar-refractivity contribution in [2.45, 2.75) is 19.4 Å². The summed E-state index contributed by atoms with van der Waals surface area (Å²) in [7, 11) is 0. The van der Waals surface area contributed by atoms with Crippen molar-refractivity contribution in [2.24, 2.45) is 5.73 Å². The number of nitrogens with zero attached hydrogens (tertiary/aromatic N) is 1. The number of rotatable bonds is 5. The summed E-state index contributed by atoms with van der Waals surface area (Å²) in [6, 6.07) is 1.97. The largest absolute Gasteiger partial charge is 0.465 e. The van der Waals surface area contributed by atoms with Crippen LogP contribution in [-0.2, 0) is 16.0 Å². The average Bonchev–Trinajstić information content (AvgIpc) is 2.28. The van der Waals surface area contributed by atoms with Crippen molar-refractivity contribution in [3.63, 3.8) is 0 Å². The van der Waals surface area contributed by atoms with Crippen molar-refractivity contribution >= 4 is 11.7 Å². The molecule has 0 bridgehead atoms. The maximum Gasteiger partial charge on any atom is 0.323 e. The molecule has 1 atom stereocenters. The number of halogens is 1. The van der Waals surface area contributed by atoms with Gasteiger partial charge in [-0.2, -0.15) is 0 Å². The molecule has 0 saturated carbocycles. The fourth-order valence-corrected chi connectivity index (χ4v) is 1.47. The molecule has 1 unspecified atom stereocenters. The number of nitro benzene ring substituents is 1. The highest BCUT2D eigenvalue weighted by atomic mass is 19.1. The van der Waals surface area contributed by atoms with Crippen LogP contribution in [0.4, 0.5) is 10.1 Å². The highest BCUT2D eigenvalue weighted by Crippen LogP contribution is 2.20. The monoisotopic (exact) mass is 256 g/mol. The number of hydrogen-bond acceptors (Lipinski definition) is 5. The smallest absolute Gasteiger partial charge is 0.323 e. The second kappa shape index (κ2) is 6.06. The Morgan fingerprint density at radius 2 is 2.28 bits per heavy atom. The van der Waals surface area contributed by atoms with Crippen LogP contribution in [-0.4, -0.2) is 23.5 Å². The summed E-state index contributed by atoms with van der Waals surface area (Å²) in [4.78, 5) is 21.4. The van der Waals surface area contributed by atoms with Gasteiger partial charge in [0.25, 0.3) is 5.69 Å². The summed E-state index contributed by atoms with van der Waals surface area (Å²) >= 11 is 0. The lowest BCUT2D eigenvalue weighted by atomic mass is 10.0. The quantitative estimate of drug-likeness (QED) is 0.484. The van der Waals surface area contributed by atoms with Gasteiger partial charge in [-0.1, -0.05) is 0 Å². The zero-order chi connectivity index (χ0) is 13.7. The van der Waals surface area contributed by atoms with Gasteiger partial charge in [0.05, 0.1) is 11.5 Å². The van der Waals surface area contributed by atoms with Crippen molar-refractivity contribution in [2.75, 3.05) is 6.61 Å². The molecular weight excluding hydrogens is 243 g/mol. The Bertz CT molecular complexity index is 464. The first-order chi connectivity index (χ1) is 8.45. The average molecular weight is 256 g/mol. The minimum absolute atomic E-state index is 0.0700. The molecule has 7 heteroatoms. The highest BCUT2D eigenvalue weighted by Gasteiger charge is 2.21. The molecule has 0 spiro atoms. The second-order valence-corrected chi connectivity index (χ2v) is 3.59. The topological polar surface area (TPSA) is 95.5 Å². The van der Waals surface area contributed by atoms with Crippen LogP contribution in [0.5, 0.6) is 0 Å². The van der Waals surface area contributed by atoms with E-state index in [0.717, 1.165) is 18.2 Å². The van der Waals surface area contributed by atoms with Gasteiger partial charge in [0.15, 0.2) is 0 Å². The van der Waals surface area contributed by atoms with E-state index in [-0.39, 0.29) is 24.3 Å². The fourth-order valence-electron chi connectivity index (χ4n) is 1.47. The maximum atomic E-state index is 13.0. The van der Waals surface area contributed by atoms with E-state index in [0.29, 0.717) is 0 Å². The predicted molar refractivity (Wildman–Crippen MR) is 61.4 cm³/mol. The molecule has 0 aliphatic heterocycles. The van der Waals surface area contributed by atoms with Gasteiger partial charge < -0.3 is 10.5 Å². The molecule has 0 saturated heterocycles. The number of nitrogens with two attached hydrogens (primary N) is 1. The zero-order valence-electron chi connectivity index (χ0n) is 9.76. The highest BCUT2D eigenvalue weighted by molar-refractivity contribution is 5.76. The summed E-state index contributed by atoms with van der Waals surface area (Å²) < 4.78 is 17.7. The van der Waals surface area contributed by atoms with Crippen molar-refractivity contribution in [1.29, 1.82) is 0 Å². The van der Waals surface area contributed by atoms with E-state index >= 15 is 0 Å². The molecule has 1 aromatic rings. The van der Waals surface area contributed by atoms with E-state index in [4.69, 9.17) is 5.73 Å². The summed E-state index contributed by atoms with van der Waals surface area (Å²) in [5.74, 6) is -1.29. The number of nitro groups is 1. The van der Waals surface area contributed by atoms with Gasteiger partial charge in [-0.3, -0.25) is 14.9 Å². The molecule has 0 fully saturated rings. The lowest BCUT2D eigenvalue weighted by Gasteiger charge is -2.10. The van der Waals surface area contributed by atoms with Crippen molar-refractivity contribution in [3.8, 4) is 0 Å². The molecule has 6 nitrogen and oxygen atoms in total. The first kappa shape index (κ1) is 14.0. The van der Waals surface area contributed by atoms with Gasteiger partial charge >= 0.3 is 5.97 Å². The van der Waals surface area contributed by atoms with Crippen LogP contribution in [0, 0.1) is 15.9 Å². The normalized spacial score (nSPS) is 11.9. The van der Waals surface area contributed by atoms with Gasteiger partial charge in [-0.05, 0) is 19.1 Å². The van der Waals surface area contributed by atoms with Crippen LogP contribution in [0.3, 0.4) is 0 Å². The van der Waals surface area contributed by atoms with E-state index in [2.05, 4.69) is 4.74 Å². The number of carbonyl (C=O) groups is 1. The Balaban J connectivity index is 2.92. The molecule has 0 aliphatic rings. The molecule has 0 amide bonds. The predicted octanol–water partition coefficient (Wildman–Crippen LogP) is 1.17. The lowest BCUT2D eigenvalue weighted by molar-refractivity contribution is -0.385. The first-order valence-electron chi connectivity index (χ1n) is 5.30. The Labute approximate surface area is 103 Å². The Kier molecular flexibility index (Phi) is 4.73. The van der Waals surface area contributed by atoms with E-state index in [1.807, 2.05) is 0 Å². The second-order valence-electron chi connectivity index (χ2n) is 3.59. The number of ether oxygens (including phenoxy) is 1.